The summed E-state index contributed by atoms with van der Waals surface area (Å²) in [6.07, 6.45) is 5.58. The number of hydrogen-bond acceptors (Lipinski definition) is 1. The Kier molecular flexibility index (Phi) is 2.73. The molecule has 0 aromatic heterocycles. The molecule has 0 amide bonds. The Bertz CT molecular complexity index is 299. The number of rotatable bonds is 3. The Morgan fingerprint density at radius 2 is 1.81 bits per heavy atom. The molecule has 92 valence electrons. The number of allylic oxidation sites excluding steroid dienone is 1. The first-order chi connectivity index (χ1) is 7.30. The molecule has 0 heterocycles. The Morgan fingerprint density at radius 3 is 2.25 bits per heavy atom. The van der Waals surface area contributed by atoms with Gasteiger partial charge < -0.3 is 5.11 Å². The third-order valence-corrected chi connectivity index (χ3v) is 5.15. The van der Waals surface area contributed by atoms with Gasteiger partial charge >= 0.3 is 0 Å². The van der Waals surface area contributed by atoms with Gasteiger partial charge in [0.1, 0.15) is 0 Å². The zero-order chi connectivity index (χ0) is 12.1. The van der Waals surface area contributed by atoms with Crippen LogP contribution in [0.15, 0.2) is 11.6 Å². The lowest BCUT2D eigenvalue weighted by molar-refractivity contribution is 0.202. The first-order valence-electron chi connectivity index (χ1n) is 6.67. The molecule has 0 saturated heterocycles. The van der Waals surface area contributed by atoms with Crippen LogP contribution in [0.2, 0.25) is 0 Å². The van der Waals surface area contributed by atoms with Gasteiger partial charge in [0.05, 0.1) is 6.10 Å². The number of aliphatic hydroxyl groups excluding tert-OH is 1. The van der Waals surface area contributed by atoms with E-state index in [0.717, 1.165) is 18.3 Å². The zero-order valence-electron chi connectivity index (χ0n) is 11.4. The van der Waals surface area contributed by atoms with E-state index in [2.05, 4.69) is 33.8 Å². The predicted octanol–water partition coefficient (Wildman–Crippen LogP) is 3.78. The van der Waals surface area contributed by atoms with Gasteiger partial charge in [0, 0.05) is 0 Å². The van der Waals surface area contributed by atoms with Crippen LogP contribution in [0.4, 0.5) is 0 Å². The lowest BCUT2D eigenvalue weighted by atomic mass is 9.79. The molecule has 3 atom stereocenters. The fraction of sp³-hybridized carbons (Fsp3) is 0.867. The van der Waals surface area contributed by atoms with Gasteiger partial charge in [0.15, 0.2) is 0 Å². The Hall–Kier alpha value is -0.300. The van der Waals surface area contributed by atoms with Gasteiger partial charge in [0.25, 0.3) is 0 Å². The highest BCUT2D eigenvalue weighted by molar-refractivity contribution is 5.21. The number of fused-ring (bicyclic) bond motifs is 1. The van der Waals surface area contributed by atoms with Crippen LogP contribution < -0.4 is 0 Å². The van der Waals surface area contributed by atoms with Crippen molar-refractivity contribution >= 4 is 0 Å². The second-order valence-corrected chi connectivity index (χ2v) is 6.91. The van der Waals surface area contributed by atoms with Crippen LogP contribution in [-0.2, 0) is 0 Å². The molecule has 2 fully saturated rings. The second kappa shape index (κ2) is 3.60. The molecular weight excluding hydrogens is 196 g/mol. The zero-order valence-corrected chi connectivity index (χ0v) is 11.4. The summed E-state index contributed by atoms with van der Waals surface area (Å²) in [4.78, 5) is 0. The largest absolute Gasteiger partial charge is 0.389 e. The van der Waals surface area contributed by atoms with Crippen LogP contribution in [0.3, 0.4) is 0 Å². The Balaban J connectivity index is 2.03. The minimum Gasteiger partial charge on any atom is -0.389 e. The molecular formula is C15H26O. The maximum absolute atomic E-state index is 9.81. The van der Waals surface area contributed by atoms with Crippen LogP contribution in [0.5, 0.6) is 0 Å². The molecule has 0 bridgehead atoms. The van der Waals surface area contributed by atoms with Gasteiger partial charge in [-0.3, -0.25) is 0 Å². The average molecular weight is 222 g/mol. The highest BCUT2D eigenvalue weighted by atomic mass is 16.3. The summed E-state index contributed by atoms with van der Waals surface area (Å²) in [6.45, 7) is 11.3. The summed E-state index contributed by atoms with van der Waals surface area (Å²) < 4.78 is 0. The van der Waals surface area contributed by atoms with Crippen LogP contribution in [0.25, 0.3) is 0 Å². The van der Waals surface area contributed by atoms with E-state index in [0.29, 0.717) is 10.8 Å². The van der Waals surface area contributed by atoms with E-state index in [1.54, 1.807) is 0 Å². The smallest absolute Gasteiger partial charge is 0.0745 e. The Morgan fingerprint density at radius 1 is 1.31 bits per heavy atom. The summed E-state index contributed by atoms with van der Waals surface area (Å²) >= 11 is 0. The maximum Gasteiger partial charge on any atom is 0.0745 e. The van der Waals surface area contributed by atoms with Crippen LogP contribution in [-0.4, -0.2) is 11.2 Å². The molecule has 16 heavy (non-hydrogen) atoms. The minimum atomic E-state index is -0.234. The summed E-state index contributed by atoms with van der Waals surface area (Å²) in [5.41, 5.74) is 2.12. The molecule has 1 heteroatoms. The van der Waals surface area contributed by atoms with E-state index >= 15 is 0 Å². The molecule has 2 aliphatic rings. The number of hydrogen-bond donors (Lipinski definition) is 1. The molecule has 2 aliphatic carbocycles. The second-order valence-electron chi connectivity index (χ2n) is 6.91. The van der Waals surface area contributed by atoms with Gasteiger partial charge in [-0.2, -0.15) is 0 Å². The van der Waals surface area contributed by atoms with E-state index in [9.17, 15) is 5.11 Å². The summed E-state index contributed by atoms with van der Waals surface area (Å²) in [7, 11) is 0. The fourth-order valence-corrected chi connectivity index (χ4v) is 3.84. The van der Waals surface area contributed by atoms with E-state index in [-0.39, 0.29) is 6.10 Å². The quantitative estimate of drug-likeness (QED) is 0.721. The van der Waals surface area contributed by atoms with Crippen molar-refractivity contribution in [3.63, 3.8) is 0 Å². The third kappa shape index (κ3) is 1.84. The molecule has 2 rings (SSSR count). The van der Waals surface area contributed by atoms with E-state index in [1.165, 1.54) is 18.4 Å². The van der Waals surface area contributed by atoms with Crippen molar-refractivity contribution in [1.29, 1.82) is 0 Å². The van der Waals surface area contributed by atoms with Crippen molar-refractivity contribution in [2.45, 2.75) is 60.0 Å². The van der Waals surface area contributed by atoms with Gasteiger partial charge in [-0.15, -0.1) is 0 Å². The van der Waals surface area contributed by atoms with Crippen molar-refractivity contribution in [3.05, 3.63) is 11.6 Å². The van der Waals surface area contributed by atoms with E-state index in [4.69, 9.17) is 0 Å². The van der Waals surface area contributed by atoms with Crippen LogP contribution in [0.1, 0.15) is 53.9 Å². The van der Waals surface area contributed by atoms with Gasteiger partial charge in [0.2, 0.25) is 0 Å². The van der Waals surface area contributed by atoms with Gasteiger partial charge in [-0.1, -0.05) is 33.8 Å². The SMILES string of the molecule is CCC(O)C(C)=CC1(C)CC2C(C1)C2(C)C. The molecule has 0 aromatic carbocycles. The third-order valence-electron chi connectivity index (χ3n) is 5.15. The average Bonchev–Trinajstić information content (AvgIpc) is 2.60. The van der Waals surface area contributed by atoms with Crippen molar-refractivity contribution in [3.8, 4) is 0 Å². The Labute approximate surface area is 99.9 Å². The van der Waals surface area contributed by atoms with Crippen molar-refractivity contribution in [2.24, 2.45) is 22.7 Å². The van der Waals surface area contributed by atoms with Crippen molar-refractivity contribution < 1.29 is 5.11 Å². The number of aliphatic hydroxyl groups is 1. The maximum atomic E-state index is 9.81. The van der Waals surface area contributed by atoms with Crippen LogP contribution >= 0.6 is 0 Å². The standard InChI is InChI=1S/C15H26O/c1-6-13(16)10(2)7-15(5)8-11-12(9-15)14(11,3)4/h7,11-13,16H,6,8-9H2,1-5H3. The summed E-state index contributed by atoms with van der Waals surface area (Å²) in [6, 6.07) is 0. The molecule has 2 saturated carbocycles. The normalized spacial score (nSPS) is 43.0. The first-order valence-corrected chi connectivity index (χ1v) is 6.67. The van der Waals surface area contributed by atoms with Crippen LogP contribution in [0, 0.1) is 22.7 Å². The highest BCUT2D eigenvalue weighted by Gasteiger charge is 2.64. The van der Waals surface area contributed by atoms with Gasteiger partial charge in [-0.25, -0.2) is 0 Å². The molecule has 0 aromatic rings. The topological polar surface area (TPSA) is 20.2 Å². The molecule has 0 radical (unpaired) electrons. The summed E-state index contributed by atoms with van der Waals surface area (Å²) in [5.74, 6) is 1.86. The fourth-order valence-electron chi connectivity index (χ4n) is 3.84. The van der Waals surface area contributed by atoms with E-state index in [1.807, 2.05) is 6.92 Å². The molecule has 0 spiro atoms. The molecule has 1 N–H and O–H groups in total. The molecule has 3 unspecified atom stereocenters. The van der Waals surface area contributed by atoms with E-state index < -0.39 is 0 Å². The highest BCUT2D eigenvalue weighted by Crippen LogP contribution is 2.71. The monoisotopic (exact) mass is 222 g/mol. The first kappa shape index (κ1) is 12.2. The van der Waals surface area contributed by atoms with Gasteiger partial charge in [-0.05, 0) is 54.4 Å². The molecule has 1 nitrogen and oxygen atoms in total. The summed E-state index contributed by atoms with van der Waals surface area (Å²) in [5, 5.41) is 9.81. The predicted molar refractivity (Wildman–Crippen MR) is 68.2 cm³/mol. The van der Waals surface area contributed by atoms with Crippen molar-refractivity contribution in [1.82, 2.24) is 0 Å². The minimum absolute atomic E-state index is 0.234. The van der Waals surface area contributed by atoms with Crippen molar-refractivity contribution in [2.75, 3.05) is 0 Å². The lowest BCUT2D eigenvalue weighted by Gasteiger charge is -2.27. The molecule has 0 aliphatic heterocycles. The lowest BCUT2D eigenvalue weighted by Crippen LogP contribution is -2.18.